The van der Waals surface area contributed by atoms with Gasteiger partial charge >= 0.3 is 132 Å². The summed E-state index contributed by atoms with van der Waals surface area (Å²) in [5.41, 5.74) is 0. The molecule has 0 aromatic heterocycles. The molecule has 110 valence electrons. The van der Waals surface area contributed by atoms with E-state index in [4.69, 9.17) is 0 Å². The summed E-state index contributed by atoms with van der Waals surface area (Å²) in [6.07, 6.45) is 19.4. The molecule has 0 unspecified atom stereocenters. The summed E-state index contributed by atoms with van der Waals surface area (Å²) < 4.78 is 3.30. The minimum atomic E-state index is -2.36. The predicted molar refractivity (Wildman–Crippen MR) is 95.6 cm³/mol. The summed E-state index contributed by atoms with van der Waals surface area (Å²) >= 11 is -2.36. The van der Waals surface area contributed by atoms with Crippen LogP contribution < -0.4 is 0 Å². The SMILES string of the molecule is C[Si](C)(C)[CH2][Zr]([CH]1C=CC=C1)([CH]1C=CC=C1)[Si](C)(C)C. The molecular weight excluding hydrogens is 352 g/mol. The van der Waals surface area contributed by atoms with Crippen LogP contribution in [0.4, 0.5) is 0 Å². The Bertz CT molecular complexity index is 420. The number of rotatable bonds is 5. The van der Waals surface area contributed by atoms with Crippen molar-refractivity contribution in [3.63, 3.8) is 0 Å². The van der Waals surface area contributed by atoms with Crippen molar-refractivity contribution in [1.29, 1.82) is 0 Å². The molecule has 0 heterocycles. The summed E-state index contributed by atoms with van der Waals surface area (Å²) in [6.45, 7) is 15.8. The molecule has 0 bridgehead atoms. The normalized spacial score (nSPS) is 20.5. The summed E-state index contributed by atoms with van der Waals surface area (Å²) in [5.74, 6) is 0. The fourth-order valence-corrected chi connectivity index (χ4v) is 70.6. The van der Waals surface area contributed by atoms with Crippen LogP contribution >= 0.6 is 0 Å². The van der Waals surface area contributed by atoms with Gasteiger partial charge in [-0.25, -0.2) is 0 Å². The van der Waals surface area contributed by atoms with Gasteiger partial charge in [0.15, 0.2) is 0 Å². The second-order valence-corrected chi connectivity index (χ2v) is 46.2. The van der Waals surface area contributed by atoms with Gasteiger partial charge in [0, 0.05) is 0 Å². The first-order valence-corrected chi connectivity index (χ1v) is 23.3. The number of allylic oxidation sites excluding steroid dienone is 8. The molecule has 0 saturated heterocycles. The average Bonchev–Trinajstić information content (AvgIpc) is 2.96. The van der Waals surface area contributed by atoms with Crippen LogP contribution in [0.3, 0.4) is 0 Å². The van der Waals surface area contributed by atoms with Gasteiger partial charge in [0.05, 0.1) is 0 Å². The third-order valence-electron chi connectivity index (χ3n) is 4.90. The van der Waals surface area contributed by atoms with Gasteiger partial charge in [-0.1, -0.05) is 0 Å². The van der Waals surface area contributed by atoms with Gasteiger partial charge in [-0.2, -0.15) is 0 Å². The van der Waals surface area contributed by atoms with E-state index in [1.807, 2.05) is 0 Å². The molecule has 0 saturated carbocycles. The summed E-state index contributed by atoms with van der Waals surface area (Å²) in [7, 11) is -1.04. The molecule has 2 aliphatic carbocycles. The van der Waals surface area contributed by atoms with E-state index < -0.39 is 32.7 Å². The van der Waals surface area contributed by atoms with Gasteiger partial charge in [-0.05, 0) is 0 Å². The zero-order valence-electron chi connectivity index (χ0n) is 14.0. The number of hydrogen-bond acceptors (Lipinski definition) is 0. The molecule has 0 aromatic carbocycles. The van der Waals surface area contributed by atoms with E-state index in [1.165, 1.54) is 0 Å². The molecule has 0 spiro atoms. The molecule has 0 amide bonds. The van der Waals surface area contributed by atoms with Gasteiger partial charge in [0.25, 0.3) is 0 Å². The van der Waals surface area contributed by atoms with Crippen LogP contribution in [0.25, 0.3) is 0 Å². The Balaban J connectivity index is 2.53. The van der Waals surface area contributed by atoms with Crippen LogP contribution in [0.2, 0.25) is 50.3 Å². The van der Waals surface area contributed by atoms with Crippen molar-refractivity contribution in [1.82, 2.24) is 0 Å². The van der Waals surface area contributed by atoms with Crippen molar-refractivity contribution in [2.45, 2.75) is 50.3 Å². The van der Waals surface area contributed by atoms with Crippen molar-refractivity contribution in [3.05, 3.63) is 48.6 Å². The van der Waals surface area contributed by atoms with Gasteiger partial charge in [0.1, 0.15) is 0 Å². The van der Waals surface area contributed by atoms with Crippen LogP contribution in [0.1, 0.15) is 0 Å². The Morgan fingerprint density at radius 1 is 0.700 bits per heavy atom. The maximum absolute atomic E-state index is 2.67. The predicted octanol–water partition coefficient (Wildman–Crippen LogP) is 6.10. The summed E-state index contributed by atoms with van der Waals surface area (Å²) in [6, 6.07) is 0. The van der Waals surface area contributed by atoms with Crippen LogP contribution in [-0.4, -0.2) is 13.3 Å². The first-order valence-electron chi connectivity index (χ1n) is 7.87. The third kappa shape index (κ3) is 3.20. The average molecular weight is 382 g/mol. The zero-order valence-corrected chi connectivity index (χ0v) is 18.4. The van der Waals surface area contributed by atoms with Gasteiger partial charge in [0.2, 0.25) is 0 Å². The summed E-state index contributed by atoms with van der Waals surface area (Å²) in [5, 5.41) is -1.14. The van der Waals surface area contributed by atoms with Gasteiger partial charge in [-0.3, -0.25) is 0 Å². The second kappa shape index (κ2) is 5.82. The Kier molecular flexibility index (Phi) is 4.84. The Morgan fingerprint density at radius 3 is 1.30 bits per heavy atom. The molecule has 2 aliphatic rings. The first-order chi connectivity index (χ1) is 9.17. The third-order valence-corrected chi connectivity index (χ3v) is 56.9. The Labute approximate surface area is 131 Å². The van der Waals surface area contributed by atoms with E-state index in [-0.39, 0.29) is 0 Å². The molecule has 0 aliphatic heterocycles. The van der Waals surface area contributed by atoms with Crippen LogP contribution in [-0.2, 0) is 19.4 Å². The molecule has 0 N–H and O–H groups in total. The van der Waals surface area contributed by atoms with Crippen molar-refractivity contribution < 1.29 is 19.4 Å². The van der Waals surface area contributed by atoms with Gasteiger partial charge < -0.3 is 0 Å². The summed E-state index contributed by atoms with van der Waals surface area (Å²) in [4.78, 5) is 0. The Hall–Kier alpha value is 0.277. The first kappa shape index (κ1) is 16.6. The van der Waals surface area contributed by atoms with E-state index in [9.17, 15) is 0 Å². The Morgan fingerprint density at radius 2 is 1.05 bits per heavy atom. The standard InChI is InChI=1S/2C5H5.C4H11Si.C3H9Si.Zr/c2*1-2-4-5-3-1;1-5(2,3)4;1-4(2)3;/h2*1-5H;1H2,2-4H3;1-3H3;. The van der Waals surface area contributed by atoms with Crippen LogP contribution in [0.15, 0.2) is 48.6 Å². The molecule has 0 fully saturated rings. The van der Waals surface area contributed by atoms with E-state index in [1.54, 1.807) is 3.75 Å². The van der Waals surface area contributed by atoms with Crippen molar-refractivity contribution in [2.75, 3.05) is 0 Å². The maximum atomic E-state index is 2.67. The second-order valence-electron chi connectivity index (χ2n) is 8.62. The van der Waals surface area contributed by atoms with Crippen LogP contribution in [0.5, 0.6) is 0 Å². The minimum absolute atomic E-state index is 0.833. The van der Waals surface area contributed by atoms with Crippen molar-refractivity contribution in [3.8, 4) is 0 Å². The van der Waals surface area contributed by atoms with E-state index in [0.717, 1.165) is 7.25 Å². The van der Waals surface area contributed by atoms with Crippen molar-refractivity contribution >= 4 is 13.3 Å². The molecule has 0 atom stereocenters. The van der Waals surface area contributed by atoms with E-state index in [2.05, 4.69) is 87.9 Å². The molecule has 20 heavy (non-hydrogen) atoms. The molecule has 2 rings (SSSR count). The van der Waals surface area contributed by atoms with Crippen molar-refractivity contribution in [2.24, 2.45) is 0 Å². The molecule has 0 aromatic rings. The molecule has 0 nitrogen and oxygen atoms in total. The van der Waals surface area contributed by atoms with Gasteiger partial charge in [-0.15, -0.1) is 0 Å². The zero-order chi connectivity index (χ0) is 15.0. The number of hydrogen-bond donors (Lipinski definition) is 0. The molecular formula is C17H30Si2Zr. The van der Waals surface area contributed by atoms with E-state index in [0.29, 0.717) is 0 Å². The van der Waals surface area contributed by atoms with E-state index >= 15 is 0 Å². The molecule has 0 radical (unpaired) electrons. The fourth-order valence-electron chi connectivity index (χ4n) is 4.15. The monoisotopic (exact) mass is 380 g/mol. The fraction of sp³-hybridized carbons (Fsp3) is 0.529. The topological polar surface area (TPSA) is 0 Å². The van der Waals surface area contributed by atoms with Crippen LogP contribution in [0, 0.1) is 0 Å². The molecule has 3 heteroatoms. The quantitative estimate of drug-likeness (QED) is 0.505.